The van der Waals surface area contributed by atoms with Crippen molar-refractivity contribution in [2.45, 2.75) is 45.1 Å². The highest BCUT2D eigenvalue weighted by Crippen LogP contribution is 2.16. The van der Waals surface area contributed by atoms with Crippen molar-refractivity contribution in [3.05, 3.63) is 0 Å². The normalized spacial score (nSPS) is 22.4. The molecule has 1 heterocycles. The molecular weight excluding hydrogens is 225 g/mol. The van der Waals surface area contributed by atoms with Gasteiger partial charge in [-0.3, -0.25) is 4.79 Å². The Kier molecular flexibility index (Phi) is 5.74. The molecule has 1 fully saturated rings. The van der Waals surface area contributed by atoms with Gasteiger partial charge in [-0.2, -0.15) is 0 Å². The minimum Gasteiger partial charge on any atom is -0.339 e. The third-order valence-corrected chi connectivity index (χ3v) is 2.23. The summed E-state index contributed by atoms with van der Waals surface area (Å²) in [6.45, 7) is 4.71. The van der Waals surface area contributed by atoms with Gasteiger partial charge in [0, 0.05) is 12.6 Å². The zero-order valence-electron chi connectivity index (χ0n) is 9.29. The molecule has 2 atom stereocenters. The fourth-order valence-electron chi connectivity index (χ4n) is 1.52. The lowest BCUT2D eigenvalue weighted by atomic mass is 10.2. The summed E-state index contributed by atoms with van der Waals surface area (Å²) in [6, 6.07) is 0.0593. The molecule has 1 saturated heterocycles. The molecule has 16 heavy (non-hydrogen) atoms. The van der Waals surface area contributed by atoms with Crippen molar-refractivity contribution in [2.24, 2.45) is 5.73 Å². The number of halogens is 3. The van der Waals surface area contributed by atoms with E-state index >= 15 is 0 Å². The van der Waals surface area contributed by atoms with Gasteiger partial charge in [0.2, 0.25) is 5.91 Å². The minimum atomic E-state index is -5.00. The zero-order chi connectivity index (χ0) is 12.9. The van der Waals surface area contributed by atoms with Crippen LogP contribution in [0.2, 0.25) is 0 Å². The van der Waals surface area contributed by atoms with E-state index in [0.717, 1.165) is 19.4 Å². The highest BCUT2D eigenvalue weighted by atomic mass is 19.4. The third-order valence-electron chi connectivity index (χ3n) is 2.23. The maximum atomic E-state index is 11.4. The largest absolute Gasteiger partial charge is 0.519 e. The predicted octanol–water partition coefficient (Wildman–Crippen LogP) is 0.843. The highest BCUT2D eigenvalue weighted by Gasteiger charge is 2.26. The van der Waals surface area contributed by atoms with Crippen LogP contribution >= 0.6 is 0 Å². The highest BCUT2D eigenvalue weighted by molar-refractivity contribution is 5.81. The fraction of sp³-hybridized carbons (Fsp3) is 0.889. The first-order valence-electron chi connectivity index (χ1n) is 4.98. The summed E-state index contributed by atoms with van der Waals surface area (Å²) in [7, 11) is 0. The van der Waals surface area contributed by atoms with Gasteiger partial charge < -0.3 is 15.7 Å². The van der Waals surface area contributed by atoms with Crippen LogP contribution in [0, 0.1) is 0 Å². The summed E-state index contributed by atoms with van der Waals surface area (Å²) in [5, 5.41) is 6.52. The van der Waals surface area contributed by atoms with E-state index in [0.29, 0.717) is 6.04 Å². The van der Waals surface area contributed by atoms with Crippen LogP contribution in [0.4, 0.5) is 13.2 Å². The third kappa shape index (κ3) is 6.62. The molecule has 4 nitrogen and oxygen atoms in total. The van der Waals surface area contributed by atoms with Gasteiger partial charge in [0.15, 0.2) is 0 Å². The molecule has 1 aliphatic rings. The molecular formula is C9H17F3N2O2. The van der Waals surface area contributed by atoms with Crippen LogP contribution < -0.4 is 5.73 Å². The van der Waals surface area contributed by atoms with Crippen LogP contribution in [0.1, 0.15) is 26.7 Å². The molecule has 0 aliphatic carbocycles. The Morgan fingerprint density at radius 2 is 2.00 bits per heavy atom. The molecule has 0 aromatic carbocycles. The zero-order valence-corrected chi connectivity index (χ0v) is 9.29. The Labute approximate surface area is 92.2 Å². The number of hydrogen-bond donors (Lipinski definition) is 2. The number of hydrogen-bond acceptors (Lipinski definition) is 3. The summed E-state index contributed by atoms with van der Waals surface area (Å²) < 4.78 is 29.7. The molecule has 7 heteroatoms. The SMILES string of the molecule is CC1CCCN1C(=O)[C@@H](C)N.OC(F)(F)F. The summed E-state index contributed by atoms with van der Waals surface area (Å²) >= 11 is 0. The number of nitrogens with two attached hydrogens (primary N) is 1. The van der Waals surface area contributed by atoms with Gasteiger partial charge in [-0.05, 0) is 26.7 Å². The number of carbonyl (C=O) groups is 1. The summed E-state index contributed by atoms with van der Waals surface area (Å²) in [5.74, 6) is 0.0926. The number of alkyl halides is 3. The smallest absolute Gasteiger partial charge is 0.339 e. The second-order valence-electron chi connectivity index (χ2n) is 3.78. The molecule has 0 spiro atoms. The first kappa shape index (κ1) is 15.2. The molecule has 0 bridgehead atoms. The molecule has 96 valence electrons. The maximum Gasteiger partial charge on any atom is 0.519 e. The molecule has 3 N–H and O–H groups in total. The van der Waals surface area contributed by atoms with Crippen LogP contribution in [0.3, 0.4) is 0 Å². The monoisotopic (exact) mass is 242 g/mol. The summed E-state index contributed by atoms with van der Waals surface area (Å²) in [6.07, 6.45) is -2.75. The van der Waals surface area contributed by atoms with Gasteiger partial charge in [-0.25, -0.2) is 0 Å². The van der Waals surface area contributed by atoms with Crippen molar-refractivity contribution in [2.75, 3.05) is 6.54 Å². The van der Waals surface area contributed by atoms with Crippen molar-refractivity contribution in [3.8, 4) is 0 Å². The van der Waals surface area contributed by atoms with Gasteiger partial charge in [0.1, 0.15) is 0 Å². The number of carbonyl (C=O) groups excluding carboxylic acids is 1. The van der Waals surface area contributed by atoms with E-state index in [9.17, 15) is 18.0 Å². The second-order valence-corrected chi connectivity index (χ2v) is 3.78. The molecule has 0 aromatic heterocycles. The summed E-state index contributed by atoms with van der Waals surface area (Å²) in [5.41, 5.74) is 5.49. The van der Waals surface area contributed by atoms with Gasteiger partial charge in [-0.1, -0.05) is 0 Å². The first-order valence-corrected chi connectivity index (χ1v) is 4.98. The lowest BCUT2D eigenvalue weighted by molar-refractivity contribution is -0.295. The van der Waals surface area contributed by atoms with E-state index in [1.165, 1.54) is 0 Å². The van der Waals surface area contributed by atoms with Crippen LogP contribution in [0.25, 0.3) is 0 Å². The van der Waals surface area contributed by atoms with Crippen molar-refractivity contribution >= 4 is 5.91 Å². The minimum absolute atomic E-state index is 0.0926. The lowest BCUT2D eigenvalue weighted by Crippen LogP contribution is -2.43. The number of rotatable bonds is 1. The average Bonchev–Trinajstić information content (AvgIpc) is 2.46. The van der Waals surface area contributed by atoms with E-state index in [4.69, 9.17) is 10.8 Å². The number of nitrogens with zero attached hydrogens (tertiary/aromatic N) is 1. The molecule has 0 saturated carbocycles. The first-order chi connectivity index (χ1) is 7.13. The molecule has 1 aliphatic heterocycles. The van der Waals surface area contributed by atoms with Crippen molar-refractivity contribution < 1.29 is 23.1 Å². The standard InChI is InChI=1S/C8H16N2O.CHF3O/c1-6-4-3-5-10(6)8(11)7(2)9;2-1(3,4)5/h6-7H,3-5,9H2,1-2H3;5H/t6?,7-;/m1./s1. The quantitative estimate of drug-likeness (QED) is 0.716. The Morgan fingerprint density at radius 3 is 2.25 bits per heavy atom. The van der Waals surface area contributed by atoms with Crippen molar-refractivity contribution in [3.63, 3.8) is 0 Å². The van der Waals surface area contributed by atoms with E-state index in [1.54, 1.807) is 6.92 Å². The Bertz CT molecular complexity index is 225. The summed E-state index contributed by atoms with van der Waals surface area (Å²) in [4.78, 5) is 13.2. The van der Waals surface area contributed by atoms with Crippen LogP contribution in [0.15, 0.2) is 0 Å². The lowest BCUT2D eigenvalue weighted by Gasteiger charge is -2.23. The molecule has 1 unspecified atom stereocenters. The van der Waals surface area contributed by atoms with Crippen LogP contribution in [-0.2, 0) is 4.79 Å². The van der Waals surface area contributed by atoms with Gasteiger partial charge >= 0.3 is 6.36 Å². The van der Waals surface area contributed by atoms with Crippen molar-refractivity contribution in [1.29, 1.82) is 0 Å². The fourth-order valence-corrected chi connectivity index (χ4v) is 1.52. The Hall–Kier alpha value is -0.820. The van der Waals surface area contributed by atoms with E-state index < -0.39 is 6.36 Å². The average molecular weight is 242 g/mol. The molecule has 1 amide bonds. The van der Waals surface area contributed by atoms with Gasteiger partial charge in [0.25, 0.3) is 0 Å². The van der Waals surface area contributed by atoms with Crippen LogP contribution in [0.5, 0.6) is 0 Å². The molecule has 0 radical (unpaired) electrons. The number of aliphatic hydroxyl groups is 1. The Balaban J connectivity index is 0.000000385. The Morgan fingerprint density at radius 1 is 1.56 bits per heavy atom. The molecule has 1 rings (SSSR count). The van der Waals surface area contributed by atoms with E-state index in [-0.39, 0.29) is 11.9 Å². The topological polar surface area (TPSA) is 66.6 Å². The van der Waals surface area contributed by atoms with Gasteiger partial charge in [0.05, 0.1) is 6.04 Å². The van der Waals surface area contributed by atoms with Crippen molar-refractivity contribution in [1.82, 2.24) is 4.90 Å². The molecule has 0 aromatic rings. The maximum absolute atomic E-state index is 11.4. The number of likely N-dealkylation sites (tertiary alicyclic amines) is 1. The number of amides is 1. The second kappa shape index (κ2) is 6.05. The van der Waals surface area contributed by atoms with E-state index in [1.807, 2.05) is 4.90 Å². The van der Waals surface area contributed by atoms with Crippen LogP contribution in [-0.4, -0.2) is 40.9 Å². The van der Waals surface area contributed by atoms with E-state index in [2.05, 4.69) is 6.92 Å². The van der Waals surface area contributed by atoms with Gasteiger partial charge in [-0.15, -0.1) is 13.2 Å². The predicted molar refractivity (Wildman–Crippen MR) is 52.3 cm³/mol.